The fourth-order valence-electron chi connectivity index (χ4n) is 2.49. The van der Waals surface area contributed by atoms with Gasteiger partial charge in [0.1, 0.15) is 5.75 Å². The van der Waals surface area contributed by atoms with E-state index in [0.717, 1.165) is 0 Å². The first-order chi connectivity index (χ1) is 13.7. The minimum absolute atomic E-state index is 0.0384. The van der Waals surface area contributed by atoms with Crippen molar-refractivity contribution in [2.75, 3.05) is 19.3 Å². The molecule has 0 spiro atoms. The molecule has 0 amide bonds. The van der Waals surface area contributed by atoms with Crippen molar-refractivity contribution >= 4 is 15.8 Å². The number of para-hydroxylation sites is 1. The van der Waals surface area contributed by atoms with Gasteiger partial charge in [-0.05, 0) is 24.6 Å². The quantitative estimate of drug-likeness (QED) is 0.383. The number of nitrogens with one attached hydrogen (secondary N) is 2. The predicted molar refractivity (Wildman–Crippen MR) is 104 cm³/mol. The minimum atomic E-state index is -4.78. The summed E-state index contributed by atoms with van der Waals surface area (Å²) in [5.74, 6) is 0.00400. The zero-order chi connectivity index (χ0) is 21.3. The number of aliphatic imine (C=N–C) groups is 1. The van der Waals surface area contributed by atoms with Crippen LogP contribution in [0, 0.1) is 0 Å². The standard InChI is InChI=1S/C19H22F3N3O3S/c1-23-18(24-12-7-13-29(26,27)16-9-3-2-4-10-16)25-14-15-8-5-6-11-17(15)28-19(20,21)22/h2-6,8-11H,7,12-14H2,1H3,(H2,23,24,25). The average molecular weight is 429 g/mol. The fraction of sp³-hybridized carbons (Fsp3) is 0.316. The topological polar surface area (TPSA) is 79.8 Å². The van der Waals surface area contributed by atoms with Gasteiger partial charge in [0, 0.05) is 25.7 Å². The van der Waals surface area contributed by atoms with Crippen molar-refractivity contribution in [1.82, 2.24) is 10.6 Å². The highest BCUT2D eigenvalue weighted by Gasteiger charge is 2.31. The van der Waals surface area contributed by atoms with Crippen molar-refractivity contribution in [3.05, 3.63) is 60.2 Å². The molecule has 0 aliphatic heterocycles. The fourth-order valence-corrected chi connectivity index (χ4v) is 3.82. The van der Waals surface area contributed by atoms with Gasteiger partial charge in [0.2, 0.25) is 0 Å². The van der Waals surface area contributed by atoms with Crippen molar-refractivity contribution in [3.63, 3.8) is 0 Å². The van der Waals surface area contributed by atoms with Gasteiger partial charge < -0.3 is 15.4 Å². The number of sulfone groups is 1. The second-order valence-corrected chi connectivity index (χ2v) is 8.10. The molecule has 2 aromatic rings. The lowest BCUT2D eigenvalue weighted by atomic mass is 10.2. The monoisotopic (exact) mass is 429 g/mol. The third-order valence-electron chi connectivity index (χ3n) is 3.85. The summed E-state index contributed by atoms with van der Waals surface area (Å²) in [6.07, 6.45) is -4.44. The van der Waals surface area contributed by atoms with Crippen LogP contribution in [0.4, 0.5) is 13.2 Å². The molecule has 0 aromatic heterocycles. The third kappa shape index (κ3) is 7.65. The van der Waals surface area contributed by atoms with Crippen molar-refractivity contribution < 1.29 is 26.3 Å². The highest BCUT2D eigenvalue weighted by Crippen LogP contribution is 2.26. The van der Waals surface area contributed by atoms with E-state index in [1.165, 1.54) is 25.2 Å². The number of hydrogen-bond donors (Lipinski definition) is 2. The summed E-state index contributed by atoms with van der Waals surface area (Å²) in [7, 11) is -1.86. The first-order valence-electron chi connectivity index (χ1n) is 8.77. The molecule has 0 saturated carbocycles. The normalized spacial score (nSPS) is 12.5. The van der Waals surface area contributed by atoms with E-state index in [1.807, 2.05) is 0 Å². The zero-order valence-electron chi connectivity index (χ0n) is 15.7. The predicted octanol–water partition coefficient (Wildman–Crippen LogP) is 3.11. The number of rotatable bonds is 8. The van der Waals surface area contributed by atoms with Gasteiger partial charge in [-0.25, -0.2) is 8.42 Å². The lowest BCUT2D eigenvalue weighted by molar-refractivity contribution is -0.274. The van der Waals surface area contributed by atoms with Crippen LogP contribution in [0.2, 0.25) is 0 Å². The van der Waals surface area contributed by atoms with Gasteiger partial charge in [-0.3, -0.25) is 4.99 Å². The number of guanidine groups is 1. The molecule has 2 rings (SSSR count). The van der Waals surface area contributed by atoms with Gasteiger partial charge in [0.25, 0.3) is 0 Å². The Hall–Kier alpha value is -2.75. The Labute approximate surface area is 167 Å². The van der Waals surface area contributed by atoms with Gasteiger partial charge in [0.05, 0.1) is 10.6 Å². The molecule has 10 heteroatoms. The van der Waals surface area contributed by atoms with Crippen LogP contribution in [0.5, 0.6) is 5.75 Å². The van der Waals surface area contributed by atoms with E-state index in [2.05, 4.69) is 20.4 Å². The van der Waals surface area contributed by atoms with Crippen LogP contribution in [-0.2, 0) is 16.4 Å². The van der Waals surface area contributed by atoms with Crippen LogP contribution < -0.4 is 15.4 Å². The summed E-state index contributed by atoms with van der Waals surface area (Å²) >= 11 is 0. The second kappa shape index (κ2) is 10.1. The molecule has 29 heavy (non-hydrogen) atoms. The van der Waals surface area contributed by atoms with Gasteiger partial charge >= 0.3 is 6.36 Å². The molecule has 2 aromatic carbocycles. The molecule has 0 bridgehead atoms. The van der Waals surface area contributed by atoms with Gasteiger partial charge in [0.15, 0.2) is 15.8 Å². The maximum Gasteiger partial charge on any atom is 0.573 e. The van der Waals surface area contributed by atoms with Crippen LogP contribution in [0.3, 0.4) is 0 Å². The van der Waals surface area contributed by atoms with E-state index in [0.29, 0.717) is 24.5 Å². The number of ether oxygens (including phenoxy) is 1. The number of nitrogens with zero attached hydrogens (tertiary/aromatic N) is 1. The Kier molecular flexibility index (Phi) is 7.89. The molecule has 2 N–H and O–H groups in total. The SMILES string of the molecule is CN=C(NCCCS(=O)(=O)c1ccccc1)NCc1ccccc1OC(F)(F)F. The third-order valence-corrected chi connectivity index (χ3v) is 5.67. The summed E-state index contributed by atoms with van der Waals surface area (Å²) in [4.78, 5) is 4.25. The van der Waals surface area contributed by atoms with Crippen LogP contribution in [0.15, 0.2) is 64.5 Å². The summed E-state index contributed by atoms with van der Waals surface area (Å²) in [6.45, 7) is 0.376. The number of alkyl halides is 3. The largest absolute Gasteiger partial charge is 0.573 e. The van der Waals surface area contributed by atoms with Gasteiger partial charge in [-0.2, -0.15) is 0 Å². The Morgan fingerprint density at radius 3 is 2.34 bits per heavy atom. The highest BCUT2D eigenvalue weighted by molar-refractivity contribution is 7.91. The van der Waals surface area contributed by atoms with E-state index in [9.17, 15) is 21.6 Å². The smallest absolute Gasteiger partial charge is 0.405 e. The summed E-state index contributed by atoms with van der Waals surface area (Å²) in [5, 5.41) is 5.83. The zero-order valence-corrected chi connectivity index (χ0v) is 16.6. The molecular formula is C19H22F3N3O3S. The first kappa shape index (κ1) is 22.5. The van der Waals surface area contributed by atoms with Crippen LogP contribution >= 0.6 is 0 Å². The molecule has 0 atom stereocenters. The number of benzene rings is 2. The van der Waals surface area contributed by atoms with Crippen molar-refractivity contribution in [2.24, 2.45) is 4.99 Å². The van der Waals surface area contributed by atoms with Crippen LogP contribution in [0.1, 0.15) is 12.0 Å². The van der Waals surface area contributed by atoms with E-state index in [1.54, 1.807) is 36.4 Å². The summed E-state index contributed by atoms with van der Waals surface area (Å²) < 4.78 is 65.9. The Balaban J connectivity index is 1.83. The van der Waals surface area contributed by atoms with E-state index < -0.39 is 16.2 Å². The van der Waals surface area contributed by atoms with Crippen LogP contribution in [0.25, 0.3) is 0 Å². The molecule has 0 aliphatic carbocycles. The molecule has 0 heterocycles. The van der Waals surface area contributed by atoms with E-state index in [-0.39, 0.29) is 22.9 Å². The lowest BCUT2D eigenvalue weighted by Crippen LogP contribution is -2.37. The van der Waals surface area contributed by atoms with Crippen molar-refractivity contribution in [2.45, 2.75) is 24.2 Å². The number of hydrogen-bond acceptors (Lipinski definition) is 4. The van der Waals surface area contributed by atoms with Crippen LogP contribution in [-0.4, -0.2) is 40.1 Å². The lowest BCUT2D eigenvalue weighted by Gasteiger charge is -2.15. The molecule has 0 unspecified atom stereocenters. The maximum absolute atomic E-state index is 12.5. The second-order valence-electron chi connectivity index (χ2n) is 5.99. The molecule has 0 saturated heterocycles. The molecule has 158 valence electrons. The first-order valence-corrected chi connectivity index (χ1v) is 10.4. The maximum atomic E-state index is 12.5. The van der Waals surface area contributed by atoms with E-state index >= 15 is 0 Å². The molecule has 0 radical (unpaired) electrons. The average Bonchev–Trinajstić information content (AvgIpc) is 2.68. The Morgan fingerprint density at radius 1 is 1.03 bits per heavy atom. The van der Waals surface area contributed by atoms with Gasteiger partial charge in [-0.1, -0.05) is 36.4 Å². The molecular weight excluding hydrogens is 407 g/mol. The minimum Gasteiger partial charge on any atom is -0.405 e. The number of halogens is 3. The summed E-state index contributed by atoms with van der Waals surface area (Å²) in [6, 6.07) is 14.0. The molecule has 6 nitrogen and oxygen atoms in total. The Morgan fingerprint density at radius 2 is 1.69 bits per heavy atom. The van der Waals surface area contributed by atoms with E-state index in [4.69, 9.17) is 0 Å². The molecule has 0 fully saturated rings. The molecule has 0 aliphatic rings. The highest BCUT2D eigenvalue weighted by atomic mass is 32.2. The Bertz CT molecular complexity index is 917. The van der Waals surface area contributed by atoms with Crippen molar-refractivity contribution in [1.29, 1.82) is 0 Å². The van der Waals surface area contributed by atoms with Crippen molar-refractivity contribution in [3.8, 4) is 5.75 Å². The summed E-state index contributed by atoms with van der Waals surface area (Å²) in [5.41, 5.74) is 0.305. The van der Waals surface area contributed by atoms with Gasteiger partial charge in [-0.15, -0.1) is 13.2 Å².